The molecule has 27 heavy (non-hydrogen) atoms. The Labute approximate surface area is 157 Å². The van der Waals surface area contributed by atoms with Crippen molar-refractivity contribution >= 4 is 11.0 Å². The van der Waals surface area contributed by atoms with E-state index in [1.54, 1.807) is 6.20 Å². The Balaban J connectivity index is 1.50. The van der Waals surface area contributed by atoms with Crippen molar-refractivity contribution in [3.63, 3.8) is 0 Å². The molecular formula is C22H21FN4. The average Bonchev–Trinajstić information content (AvgIpc) is 3.04. The number of nitrogens with zero attached hydrogens (tertiary/aromatic N) is 3. The van der Waals surface area contributed by atoms with Crippen molar-refractivity contribution in [2.45, 2.75) is 33.1 Å². The van der Waals surface area contributed by atoms with Crippen LogP contribution in [-0.4, -0.2) is 19.9 Å². The molecule has 4 rings (SSSR count). The third kappa shape index (κ3) is 3.87. The van der Waals surface area contributed by atoms with Gasteiger partial charge in [-0.05, 0) is 67.1 Å². The van der Waals surface area contributed by atoms with Crippen LogP contribution in [0.15, 0.2) is 49.1 Å². The van der Waals surface area contributed by atoms with Gasteiger partial charge in [-0.15, -0.1) is 0 Å². The van der Waals surface area contributed by atoms with E-state index < -0.39 is 0 Å². The summed E-state index contributed by atoms with van der Waals surface area (Å²) in [4.78, 5) is 16.3. The monoisotopic (exact) mass is 360 g/mol. The van der Waals surface area contributed by atoms with Crippen LogP contribution in [-0.2, 0) is 19.3 Å². The number of H-pyrrole nitrogens is 1. The number of hydrogen-bond acceptors (Lipinski definition) is 3. The highest BCUT2D eigenvalue weighted by atomic mass is 19.1. The van der Waals surface area contributed by atoms with Gasteiger partial charge in [0, 0.05) is 41.8 Å². The molecule has 0 amide bonds. The topological polar surface area (TPSA) is 54.5 Å². The molecule has 0 aliphatic heterocycles. The predicted octanol–water partition coefficient (Wildman–Crippen LogP) is 4.48. The molecule has 4 heterocycles. The molecule has 0 aliphatic rings. The Morgan fingerprint density at radius 2 is 1.89 bits per heavy atom. The number of halogens is 1. The Hall–Kier alpha value is -3.08. The van der Waals surface area contributed by atoms with Crippen molar-refractivity contribution in [2.75, 3.05) is 0 Å². The number of aryl methyl sites for hydroxylation is 4. The molecule has 0 fully saturated rings. The molecule has 4 nitrogen and oxygen atoms in total. The SMILES string of the molecule is Cc1cnc2[nH]cc(Cc3ccc(CCc4cncc(F)c4)nc3C)c2c1. The molecule has 0 aliphatic carbocycles. The fourth-order valence-electron chi connectivity index (χ4n) is 3.35. The second kappa shape index (κ2) is 7.27. The van der Waals surface area contributed by atoms with Crippen LogP contribution in [0.2, 0.25) is 0 Å². The van der Waals surface area contributed by atoms with E-state index in [0.29, 0.717) is 0 Å². The lowest BCUT2D eigenvalue weighted by Crippen LogP contribution is -2.00. The minimum Gasteiger partial charge on any atom is -0.346 e. The number of aromatic nitrogens is 4. The largest absolute Gasteiger partial charge is 0.346 e. The molecule has 0 atom stereocenters. The summed E-state index contributed by atoms with van der Waals surface area (Å²) in [5.74, 6) is -0.296. The molecule has 0 aromatic carbocycles. The molecule has 136 valence electrons. The van der Waals surface area contributed by atoms with Gasteiger partial charge >= 0.3 is 0 Å². The number of nitrogens with one attached hydrogen (secondary N) is 1. The molecule has 0 spiro atoms. The maximum absolute atomic E-state index is 13.2. The summed E-state index contributed by atoms with van der Waals surface area (Å²) in [6.07, 6.45) is 9.14. The first kappa shape index (κ1) is 17.3. The van der Waals surface area contributed by atoms with Gasteiger partial charge in [0.1, 0.15) is 11.5 Å². The third-order valence-electron chi connectivity index (χ3n) is 4.82. The van der Waals surface area contributed by atoms with Gasteiger partial charge in [-0.25, -0.2) is 9.37 Å². The maximum Gasteiger partial charge on any atom is 0.141 e. The van der Waals surface area contributed by atoms with Crippen molar-refractivity contribution in [2.24, 2.45) is 0 Å². The highest BCUT2D eigenvalue weighted by Crippen LogP contribution is 2.22. The second-order valence-corrected chi connectivity index (χ2v) is 6.96. The highest BCUT2D eigenvalue weighted by molar-refractivity contribution is 5.80. The summed E-state index contributed by atoms with van der Waals surface area (Å²) in [7, 11) is 0. The van der Waals surface area contributed by atoms with Gasteiger partial charge in [-0.1, -0.05) is 6.07 Å². The smallest absolute Gasteiger partial charge is 0.141 e. The number of fused-ring (bicyclic) bond motifs is 1. The van der Waals surface area contributed by atoms with Crippen LogP contribution in [0.4, 0.5) is 4.39 Å². The predicted molar refractivity (Wildman–Crippen MR) is 104 cm³/mol. The zero-order valence-corrected chi connectivity index (χ0v) is 15.5. The first-order valence-corrected chi connectivity index (χ1v) is 9.06. The van der Waals surface area contributed by atoms with Crippen LogP contribution in [0.25, 0.3) is 11.0 Å². The molecule has 4 aromatic rings. The lowest BCUT2D eigenvalue weighted by Gasteiger charge is -2.08. The lowest BCUT2D eigenvalue weighted by molar-refractivity contribution is 0.618. The number of rotatable bonds is 5. The molecule has 1 N–H and O–H groups in total. The van der Waals surface area contributed by atoms with Crippen molar-refractivity contribution < 1.29 is 4.39 Å². The number of aromatic amines is 1. The summed E-state index contributed by atoms with van der Waals surface area (Å²) in [6, 6.07) is 7.90. The zero-order chi connectivity index (χ0) is 18.8. The fourth-order valence-corrected chi connectivity index (χ4v) is 3.35. The summed E-state index contributed by atoms with van der Waals surface area (Å²) in [5, 5.41) is 1.16. The van der Waals surface area contributed by atoms with Crippen LogP contribution in [0, 0.1) is 19.7 Å². The van der Waals surface area contributed by atoms with Crippen molar-refractivity contribution in [3.05, 3.63) is 88.5 Å². The minimum atomic E-state index is -0.296. The molecule has 0 radical (unpaired) electrons. The van der Waals surface area contributed by atoms with Gasteiger partial charge in [0.05, 0.1) is 6.20 Å². The molecule has 0 bridgehead atoms. The van der Waals surface area contributed by atoms with Crippen LogP contribution in [0.5, 0.6) is 0 Å². The molecule has 0 saturated heterocycles. The summed E-state index contributed by atoms with van der Waals surface area (Å²) < 4.78 is 13.2. The third-order valence-corrected chi connectivity index (χ3v) is 4.82. The molecule has 5 heteroatoms. The van der Waals surface area contributed by atoms with Crippen molar-refractivity contribution in [1.29, 1.82) is 0 Å². The Morgan fingerprint density at radius 3 is 2.70 bits per heavy atom. The van der Waals surface area contributed by atoms with Crippen molar-refractivity contribution in [1.82, 2.24) is 19.9 Å². The Kier molecular flexibility index (Phi) is 4.67. The van der Waals surface area contributed by atoms with Gasteiger partial charge < -0.3 is 4.98 Å². The van der Waals surface area contributed by atoms with Gasteiger partial charge in [-0.3, -0.25) is 9.97 Å². The van der Waals surface area contributed by atoms with Crippen molar-refractivity contribution in [3.8, 4) is 0 Å². The first-order chi connectivity index (χ1) is 13.1. The van der Waals surface area contributed by atoms with E-state index >= 15 is 0 Å². The number of pyridine rings is 3. The van der Waals surface area contributed by atoms with Crippen LogP contribution < -0.4 is 0 Å². The van der Waals surface area contributed by atoms with Crippen LogP contribution in [0.1, 0.15) is 33.6 Å². The van der Waals surface area contributed by atoms with E-state index in [1.165, 1.54) is 23.4 Å². The van der Waals surface area contributed by atoms with Gasteiger partial charge in [0.15, 0.2) is 0 Å². The normalized spacial score (nSPS) is 11.2. The molecular weight excluding hydrogens is 339 g/mol. The zero-order valence-electron chi connectivity index (χ0n) is 15.5. The van der Waals surface area contributed by atoms with Gasteiger partial charge in [-0.2, -0.15) is 0 Å². The second-order valence-electron chi connectivity index (χ2n) is 6.96. The van der Waals surface area contributed by atoms with E-state index in [0.717, 1.165) is 52.8 Å². The van der Waals surface area contributed by atoms with Gasteiger partial charge in [0.2, 0.25) is 0 Å². The summed E-state index contributed by atoms with van der Waals surface area (Å²) in [5.41, 5.74) is 7.43. The summed E-state index contributed by atoms with van der Waals surface area (Å²) >= 11 is 0. The highest BCUT2D eigenvalue weighted by Gasteiger charge is 2.09. The molecule has 0 unspecified atom stereocenters. The first-order valence-electron chi connectivity index (χ1n) is 9.06. The quantitative estimate of drug-likeness (QED) is 0.571. The lowest BCUT2D eigenvalue weighted by atomic mass is 10.0. The minimum absolute atomic E-state index is 0.296. The maximum atomic E-state index is 13.2. The van der Waals surface area contributed by atoms with E-state index in [1.807, 2.05) is 19.3 Å². The summed E-state index contributed by atoms with van der Waals surface area (Å²) in [6.45, 7) is 4.10. The fraction of sp³-hybridized carbons (Fsp3) is 0.227. The van der Waals surface area contributed by atoms with Crippen LogP contribution >= 0.6 is 0 Å². The van der Waals surface area contributed by atoms with Gasteiger partial charge in [0.25, 0.3) is 0 Å². The Bertz CT molecular complexity index is 1100. The van der Waals surface area contributed by atoms with Crippen LogP contribution in [0.3, 0.4) is 0 Å². The van der Waals surface area contributed by atoms with E-state index in [9.17, 15) is 4.39 Å². The average molecular weight is 360 g/mol. The van der Waals surface area contributed by atoms with E-state index in [4.69, 9.17) is 4.98 Å². The Morgan fingerprint density at radius 1 is 1.00 bits per heavy atom. The standard InChI is InChI=1S/C22H21FN4/c1-14-7-21-18(12-26-22(21)25-10-14)9-17-4-6-20(27-15(17)2)5-3-16-8-19(23)13-24-11-16/h4,6-8,10-13H,3,5,9H2,1-2H3,(H,25,26). The van der Waals surface area contributed by atoms with E-state index in [-0.39, 0.29) is 5.82 Å². The molecule has 4 aromatic heterocycles. The molecule has 0 saturated carbocycles. The number of hydrogen-bond donors (Lipinski definition) is 1. The van der Waals surface area contributed by atoms with E-state index in [2.05, 4.69) is 40.1 Å².